The maximum Gasteiger partial charge on any atom is 2.00 e. The minimum atomic E-state index is -2.17. The van der Waals surface area contributed by atoms with E-state index < -0.39 is 7.32 Å². The summed E-state index contributed by atoms with van der Waals surface area (Å²) in [5, 5.41) is 21.5. The Hall–Kier alpha value is 2.67. The molecule has 0 saturated carbocycles. The first-order valence-corrected chi connectivity index (χ1v) is 0.775. The van der Waals surface area contributed by atoms with E-state index in [1.807, 2.05) is 0 Å². The summed E-state index contributed by atoms with van der Waals surface area (Å²) in [7, 11) is -2.17. The summed E-state index contributed by atoms with van der Waals surface area (Å²) in [5.74, 6) is 0. The van der Waals surface area contributed by atoms with Gasteiger partial charge in [-0.25, -0.2) is 0 Å². The molecule has 0 aromatic heterocycles. The molecule has 3 N–H and O–H groups in total. The van der Waals surface area contributed by atoms with Crippen molar-refractivity contribution in [1.29, 1.82) is 0 Å². The number of hydrogen-bond acceptors (Lipinski definition) is 3. The fourth-order valence-electron chi connectivity index (χ4n) is 0. The van der Waals surface area contributed by atoms with Crippen LogP contribution in [0.15, 0.2) is 0 Å². The van der Waals surface area contributed by atoms with Gasteiger partial charge in [0, 0.05) is 19.5 Å². The molecule has 0 radical (unpaired) electrons. The average Bonchev–Trinajstić information content (AvgIpc) is 0.811. The maximum atomic E-state index is 7.17. The molecule has 0 aliphatic heterocycles. The van der Waals surface area contributed by atoms with E-state index in [0.717, 1.165) is 0 Å². The van der Waals surface area contributed by atoms with Crippen LogP contribution in [0.5, 0.6) is 0 Å². The molecular weight excluding hydrogens is 289 g/mol. The van der Waals surface area contributed by atoms with E-state index in [2.05, 4.69) is 0 Å². The molecule has 0 aliphatic carbocycles. The van der Waals surface area contributed by atoms with Gasteiger partial charge >= 0.3 is 56.2 Å². The largest absolute Gasteiger partial charge is 2.00 e. The summed E-state index contributed by atoms with van der Waals surface area (Å²) in [6.07, 6.45) is 0. The Morgan fingerprint density at radius 1 is 1.14 bits per heavy atom. The second-order valence-corrected chi connectivity index (χ2v) is 0.346. The van der Waals surface area contributed by atoms with E-state index >= 15 is 0 Å². The van der Waals surface area contributed by atoms with Gasteiger partial charge in [0.15, 0.2) is 17.4 Å². The fourth-order valence-corrected chi connectivity index (χ4v) is 0. The SMILES string of the molecule is OB(O)O.[AlH3].[Ba+2].[H-].[H-].[Zn]. The molecule has 0 spiro atoms. The summed E-state index contributed by atoms with van der Waals surface area (Å²) < 4.78 is 0. The minimum Gasteiger partial charge on any atom is -1.00 e. The second kappa shape index (κ2) is 15.9. The van der Waals surface area contributed by atoms with E-state index in [1.54, 1.807) is 0 Å². The Balaban J connectivity index is -0.00000000450. The van der Waals surface area contributed by atoms with Crippen LogP contribution in [-0.2, 0) is 19.5 Å². The molecule has 7 heavy (non-hydrogen) atoms. The molecule has 0 aromatic carbocycles. The Bertz CT molecular complexity index is 26.5. The summed E-state index contributed by atoms with van der Waals surface area (Å²) in [4.78, 5) is 0. The zero-order valence-electron chi connectivity index (χ0n) is 5.33. The quantitative estimate of drug-likeness (QED) is 0.409. The van der Waals surface area contributed by atoms with Crippen LogP contribution in [0.2, 0.25) is 0 Å². The van der Waals surface area contributed by atoms with Crippen LogP contribution in [-0.4, -0.2) is 88.6 Å². The van der Waals surface area contributed by atoms with E-state index in [4.69, 9.17) is 15.1 Å². The van der Waals surface area contributed by atoms with Gasteiger partial charge in [-0.05, 0) is 0 Å². The summed E-state index contributed by atoms with van der Waals surface area (Å²) in [5.41, 5.74) is 0. The smallest absolute Gasteiger partial charge is 1.00 e. The van der Waals surface area contributed by atoms with Gasteiger partial charge in [-0.1, -0.05) is 0 Å². The van der Waals surface area contributed by atoms with Crippen LogP contribution in [0, 0.1) is 0 Å². The van der Waals surface area contributed by atoms with Crippen molar-refractivity contribution in [3.8, 4) is 0 Å². The number of rotatable bonds is 0. The maximum absolute atomic E-state index is 7.17. The van der Waals surface area contributed by atoms with Crippen molar-refractivity contribution in [2.24, 2.45) is 0 Å². The van der Waals surface area contributed by atoms with Crippen LogP contribution < -0.4 is 0 Å². The molecule has 0 aromatic rings. The summed E-state index contributed by atoms with van der Waals surface area (Å²) in [6.45, 7) is 0. The van der Waals surface area contributed by atoms with Crippen molar-refractivity contribution in [3.05, 3.63) is 0 Å². The van der Waals surface area contributed by atoms with Crippen LogP contribution in [0.1, 0.15) is 2.85 Å². The zero-order valence-corrected chi connectivity index (χ0v) is 10.7. The summed E-state index contributed by atoms with van der Waals surface area (Å²) in [6, 6.07) is 0. The molecule has 0 amide bonds. The van der Waals surface area contributed by atoms with Crippen molar-refractivity contribution in [3.63, 3.8) is 0 Å². The first kappa shape index (κ1) is 22.6. The Morgan fingerprint density at radius 2 is 1.14 bits per heavy atom. The third kappa shape index (κ3) is 54.1. The first-order valence-electron chi connectivity index (χ1n) is 0.775. The molecule has 0 aliphatic rings. The fraction of sp³-hybridized carbons (Fsp3) is 0. The van der Waals surface area contributed by atoms with Crippen molar-refractivity contribution in [2.45, 2.75) is 0 Å². The molecule has 36 valence electrons. The summed E-state index contributed by atoms with van der Waals surface area (Å²) >= 11 is 0. The van der Waals surface area contributed by atoms with Gasteiger partial charge in [0.2, 0.25) is 0 Å². The molecule has 0 heterocycles. The van der Waals surface area contributed by atoms with E-state index in [0.29, 0.717) is 0 Å². The first-order chi connectivity index (χ1) is 1.73. The van der Waals surface area contributed by atoms with Gasteiger partial charge in [-0.15, -0.1) is 0 Å². The molecule has 0 fully saturated rings. The Labute approximate surface area is 109 Å². The normalized spacial score (nSPS) is 3.86. The van der Waals surface area contributed by atoms with Gasteiger partial charge in [0.05, 0.1) is 0 Å². The van der Waals surface area contributed by atoms with Gasteiger partial charge in [0.1, 0.15) is 0 Å². The van der Waals surface area contributed by atoms with Crippen molar-refractivity contribution >= 4 is 73.6 Å². The zero-order chi connectivity index (χ0) is 3.58. The van der Waals surface area contributed by atoms with E-state index in [1.165, 1.54) is 0 Å². The third-order valence-corrected chi connectivity index (χ3v) is 0. The predicted octanol–water partition coefficient (Wildman–Crippen LogP) is -3.39. The molecule has 0 rings (SSSR count). The van der Waals surface area contributed by atoms with E-state index in [9.17, 15) is 0 Å². The van der Waals surface area contributed by atoms with Crippen molar-refractivity contribution in [1.82, 2.24) is 0 Å². The molecule has 7 heteroatoms. The van der Waals surface area contributed by atoms with Gasteiger partial charge in [-0.3, -0.25) is 0 Å². The molecule has 3 nitrogen and oxygen atoms in total. The second-order valence-electron chi connectivity index (χ2n) is 0.346. The Kier molecular flexibility index (Phi) is 51.2. The topological polar surface area (TPSA) is 60.7 Å². The molecule has 0 bridgehead atoms. The van der Waals surface area contributed by atoms with Gasteiger partial charge < -0.3 is 17.9 Å². The van der Waals surface area contributed by atoms with Crippen LogP contribution >= 0.6 is 0 Å². The molecule has 0 atom stereocenters. The van der Waals surface area contributed by atoms with Gasteiger partial charge in [0.25, 0.3) is 0 Å². The number of hydrogen-bond donors (Lipinski definition) is 3. The van der Waals surface area contributed by atoms with Gasteiger partial charge in [-0.2, -0.15) is 0 Å². The van der Waals surface area contributed by atoms with Crippen molar-refractivity contribution in [2.75, 3.05) is 0 Å². The van der Waals surface area contributed by atoms with Crippen LogP contribution in [0.3, 0.4) is 0 Å². The molecule has 0 unspecified atom stereocenters. The monoisotopic (exact) mass is 296 g/mol. The van der Waals surface area contributed by atoms with Crippen LogP contribution in [0.4, 0.5) is 0 Å². The predicted molar refractivity (Wildman–Crippen MR) is 30.3 cm³/mol. The molecular formula is H8AlBBaO3Zn. The van der Waals surface area contributed by atoms with E-state index in [-0.39, 0.29) is 88.6 Å². The third-order valence-electron chi connectivity index (χ3n) is 0. The minimum absolute atomic E-state index is 0. The van der Waals surface area contributed by atoms with Crippen LogP contribution in [0.25, 0.3) is 0 Å². The average molecular weight is 297 g/mol. The van der Waals surface area contributed by atoms with Crippen molar-refractivity contribution < 1.29 is 37.4 Å². The molecule has 0 saturated heterocycles. The standard InChI is InChI=1S/Al.BH3O3.Ba.Zn.5H/c;2-1(3)4;;;;;;;/h;2-4H;;;;;;;/q;;+2;;;;;2*-1. The Morgan fingerprint density at radius 3 is 1.14 bits per heavy atom.